The minimum absolute atomic E-state index is 0. The highest BCUT2D eigenvalue weighted by molar-refractivity contribution is 7.22. The largest absolute Gasteiger partial charge is 0.479 e. The molecule has 0 unspecified atom stereocenters. The summed E-state index contributed by atoms with van der Waals surface area (Å²) in [7, 11) is 1.50. The van der Waals surface area contributed by atoms with Gasteiger partial charge in [-0.25, -0.2) is 19.6 Å². The fourth-order valence-corrected chi connectivity index (χ4v) is 3.31. The van der Waals surface area contributed by atoms with Crippen LogP contribution in [0.2, 0.25) is 0 Å². The number of nitrogens with zero attached hydrogens (tertiary/aromatic N) is 5. The Hall–Kier alpha value is -2.69. The number of anilines is 1. The summed E-state index contributed by atoms with van der Waals surface area (Å²) in [5.41, 5.74) is -0.0300. The van der Waals surface area contributed by atoms with E-state index in [-0.39, 0.29) is 13.6 Å². The molecule has 0 saturated carbocycles. The first-order valence-electron chi connectivity index (χ1n) is 8.46. The van der Waals surface area contributed by atoms with E-state index in [1.54, 1.807) is 9.80 Å². The second-order valence-corrected chi connectivity index (χ2v) is 7.92. The van der Waals surface area contributed by atoms with Crippen LogP contribution in [0.15, 0.2) is 6.33 Å². The normalized spacial score (nSPS) is 15.0. The standard InChI is InChI=1S/C16H22N6O4S.H2/c1-16(2,3)26-15(24)22-7-5-21(6-8-22)14(23)20-13-19-10-11(25-4)17-9-18-12(10)27-13;/h9H,5-8H2,1-4H3,(H,19,20,23);1H. The van der Waals surface area contributed by atoms with Crippen LogP contribution in [0.3, 0.4) is 0 Å². The van der Waals surface area contributed by atoms with Crippen molar-refractivity contribution in [1.82, 2.24) is 24.8 Å². The van der Waals surface area contributed by atoms with Gasteiger partial charge in [0.05, 0.1) is 7.11 Å². The van der Waals surface area contributed by atoms with Gasteiger partial charge in [-0.3, -0.25) is 5.32 Å². The molecule has 1 N–H and O–H groups in total. The number of urea groups is 1. The fraction of sp³-hybridized carbons (Fsp3) is 0.562. The molecule has 0 aromatic carbocycles. The molecule has 2 aromatic rings. The average molecular weight is 396 g/mol. The summed E-state index contributed by atoms with van der Waals surface area (Å²) in [6.07, 6.45) is 1.03. The zero-order chi connectivity index (χ0) is 19.6. The van der Waals surface area contributed by atoms with E-state index in [2.05, 4.69) is 20.3 Å². The highest BCUT2D eigenvalue weighted by Gasteiger charge is 2.28. The number of fused-ring (bicyclic) bond motifs is 1. The summed E-state index contributed by atoms with van der Waals surface area (Å²) in [6.45, 7) is 7.14. The van der Waals surface area contributed by atoms with E-state index >= 15 is 0 Å². The molecule has 3 amide bonds. The van der Waals surface area contributed by atoms with E-state index in [4.69, 9.17) is 9.47 Å². The number of ether oxygens (including phenoxy) is 2. The van der Waals surface area contributed by atoms with Gasteiger partial charge in [-0.1, -0.05) is 11.3 Å². The smallest absolute Gasteiger partial charge is 0.410 e. The molecule has 0 atom stereocenters. The van der Waals surface area contributed by atoms with Gasteiger partial charge >= 0.3 is 12.1 Å². The van der Waals surface area contributed by atoms with E-state index in [1.807, 2.05) is 20.8 Å². The van der Waals surface area contributed by atoms with Gasteiger partial charge in [-0.05, 0) is 20.8 Å². The second-order valence-electron chi connectivity index (χ2n) is 6.94. The molecule has 0 radical (unpaired) electrons. The molecule has 1 aliphatic heterocycles. The summed E-state index contributed by atoms with van der Waals surface area (Å²) in [5.74, 6) is 0.364. The first-order valence-corrected chi connectivity index (χ1v) is 9.28. The number of thiazole rings is 1. The van der Waals surface area contributed by atoms with Gasteiger partial charge in [0, 0.05) is 27.6 Å². The lowest BCUT2D eigenvalue weighted by atomic mass is 10.2. The molecule has 1 aliphatic rings. The molecule has 10 nitrogen and oxygen atoms in total. The summed E-state index contributed by atoms with van der Waals surface area (Å²) in [4.78, 5) is 40.9. The quantitative estimate of drug-likeness (QED) is 0.830. The topological polar surface area (TPSA) is 110 Å². The average Bonchev–Trinajstić information content (AvgIpc) is 3.02. The predicted octanol–water partition coefficient (Wildman–Crippen LogP) is 2.43. The number of carbonyl (C=O) groups excluding carboxylic acids is 2. The minimum Gasteiger partial charge on any atom is -0.479 e. The summed E-state index contributed by atoms with van der Waals surface area (Å²) < 4.78 is 10.5. The van der Waals surface area contributed by atoms with Crippen molar-refractivity contribution in [3.05, 3.63) is 6.33 Å². The zero-order valence-corrected chi connectivity index (χ0v) is 16.5. The highest BCUT2D eigenvalue weighted by Crippen LogP contribution is 2.29. The Morgan fingerprint density at radius 3 is 2.48 bits per heavy atom. The van der Waals surface area contributed by atoms with Crippen LogP contribution in [0.25, 0.3) is 10.3 Å². The van der Waals surface area contributed by atoms with Crippen molar-refractivity contribution in [1.29, 1.82) is 0 Å². The molecule has 0 aliphatic carbocycles. The van der Waals surface area contributed by atoms with Crippen molar-refractivity contribution < 1.29 is 20.5 Å². The molecule has 3 heterocycles. The van der Waals surface area contributed by atoms with Gasteiger partial charge in [0.15, 0.2) is 15.5 Å². The number of rotatable bonds is 2. The van der Waals surface area contributed by atoms with Crippen molar-refractivity contribution in [2.75, 3.05) is 38.6 Å². The predicted molar refractivity (Wildman–Crippen MR) is 102 cm³/mol. The first kappa shape index (κ1) is 19.1. The second kappa shape index (κ2) is 7.51. The van der Waals surface area contributed by atoms with Crippen LogP contribution < -0.4 is 10.1 Å². The molecule has 1 saturated heterocycles. The van der Waals surface area contributed by atoms with E-state index in [0.717, 1.165) is 0 Å². The lowest BCUT2D eigenvalue weighted by molar-refractivity contribution is 0.0174. The Kier molecular flexibility index (Phi) is 5.31. The van der Waals surface area contributed by atoms with E-state index < -0.39 is 5.60 Å². The Bertz CT molecular complexity index is 847. The molecule has 11 heteroatoms. The highest BCUT2D eigenvalue weighted by atomic mass is 32.1. The van der Waals surface area contributed by atoms with E-state index in [1.165, 1.54) is 24.8 Å². The first-order chi connectivity index (χ1) is 12.8. The third-order valence-corrected chi connectivity index (χ3v) is 4.67. The van der Waals surface area contributed by atoms with Crippen molar-refractivity contribution in [2.45, 2.75) is 26.4 Å². The maximum atomic E-state index is 12.5. The van der Waals surface area contributed by atoms with Crippen LogP contribution in [0.5, 0.6) is 5.88 Å². The van der Waals surface area contributed by atoms with Crippen LogP contribution in [0, 0.1) is 0 Å². The molecular weight excluding hydrogens is 372 g/mol. The molecule has 27 heavy (non-hydrogen) atoms. The van der Waals surface area contributed by atoms with E-state index in [0.29, 0.717) is 47.5 Å². The minimum atomic E-state index is -0.539. The van der Waals surface area contributed by atoms with Crippen LogP contribution in [0.1, 0.15) is 22.2 Å². The maximum Gasteiger partial charge on any atom is 0.410 e. The summed E-state index contributed by atoms with van der Waals surface area (Å²) >= 11 is 1.25. The van der Waals surface area contributed by atoms with Crippen molar-refractivity contribution in [3.63, 3.8) is 0 Å². The lowest BCUT2D eigenvalue weighted by Crippen LogP contribution is -2.52. The Morgan fingerprint density at radius 1 is 1.19 bits per heavy atom. The maximum absolute atomic E-state index is 12.5. The Balaban J connectivity index is 0.00000280. The monoisotopic (exact) mass is 396 g/mol. The molecule has 1 fully saturated rings. The number of nitrogens with one attached hydrogen (secondary N) is 1. The lowest BCUT2D eigenvalue weighted by Gasteiger charge is -2.35. The number of aromatic nitrogens is 3. The van der Waals surface area contributed by atoms with Gasteiger partial charge in [0.2, 0.25) is 5.88 Å². The van der Waals surface area contributed by atoms with Crippen LogP contribution in [-0.2, 0) is 4.74 Å². The van der Waals surface area contributed by atoms with Crippen molar-refractivity contribution in [2.24, 2.45) is 0 Å². The molecule has 0 spiro atoms. The SMILES string of the molecule is COc1ncnc2sc(NC(=O)N3CCN(C(=O)OC(C)(C)C)CC3)nc12.[HH]. The van der Waals surface area contributed by atoms with E-state index in [9.17, 15) is 9.59 Å². The third-order valence-electron chi connectivity index (χ3n) is 3.79. The van der Waals surface area contributed by atoms with Crippen LogP contribution in [0.4, 0.5) is 14.7 Å². The molecule has 3 rings (SSSR count). The summed E-state index contributed by atoms with van der Waals surface area (Å²) in [5, 5.41) is 3.19. The molecule has 2 aromatic heterocycles. The number of hydrogen-bond acceptors (Lipinski definition) is 8. The van der Waals surface area contributed by atoms with Gasteiger partial charge in [-0.15, -0.1) is 0 Å². The third kappa shape index (κ3) is 4.54. The number of methoxy groups -OCH3 is 1. The van der Waals surface area contributed by atoms with Gasteiger partial charge in [0.25, 0.3) is 0 Å². The number of carbonyl (C=O) groups is 2. The number of hydrogen-bond donors (Lipinski definition) is 1. The molecular formula is C16H24N6O4S. The fourth-order valence-electron chi connectivity index (χ4n) is 2.53. The van der Waals surface area contributed by atoms with Gasteiger partial charge in [0.1, 0.15) is 11.9 Å². The molecule has 0 bridgehead atoms. The molecule has 148 valence electrons. The van der Waals surface area contributed by atoms with Crippen molar-refractivity contribution in [3.8, 4) is 5.88 Å². The Morgan fingerprint density at radius 2 is 1.85 bits per heavy atom. The van der Waals surface area contributed by atoms with Gasteiger partial charge < -0.3 is 19.3 Å². The van der Waals surface area contributed by atoms with Crippen LogP contribution in [-0.4, -0.2) is 75.8 Å². The zero-order valence-electron chi connectivity index (χ0n) is 15.7. The Labute approximate surface area is 162 Å². The van der Waals surface area contributed by atoms with Gasteiger partial charge in [-0.2, -0.15) is 4.98 Å². The number of amides is 3. The number of piperazine rings is 1. The van der Waals surface area contributed by atoms with Crippen LogP contribution >= 0.6 is 11.3 Å². The summed E-state index contributed by atoms with van der Waals surface area (Å²) in [6, 6.07) is -0.273. The van der Waals surface area contributed by atoms with Crippen molar-refractivity contribution >= 4 is 38.9 Å².